The molecule has 0 bridgehead atoms. The van der Waals surface area contributed by atoms with E-state index in [1.807, 2.05) is 13.8 Å². The lowest BCUT2D eigenvalue weighted by Crippen LogP contribution is -2.42. The number of hydrogen-bond donors (Lipinski definition) is 1. The van der Waals surface area contributed by atoms with Gasteiger partial charge in [-0.15, -0.1) is 0 Å². The van der Waals surface area contributed by atoms with Crippen LogP contribution >= 0.6 is 0 Å². The van der Waals surface area contributed by atoms with Crippen LogP contribution in [0.2, 0.25) is 0 Å². The third-order valence-corrected chi connectivity index (χ3v) is 3.88. The number of carbonyl (C=O) groups is 1. The Hall–Kier alpha value is -0.610. The highest BCUT2D eigenvalue weighted by Crippen LogP contribution is 2.28. The third kappa shape index (κ3) is 3.95. The van der Waals surface area contributed by atoms with E-state index in [9.17, 15) is 4.79 Å². The lowest BCUT2D eigenvalue weighted by Gasteiger charge is -2.27. The fourth-order valence-electron chi connectivity index (χ4n) is 2.72. The van der Waals surface area contributed by atoms with Gasteiger partial charge in [-0.2, -0.15) is 0 Å². The SMILES string of the molecule is CCOC(=O)C(C)CN(CC1CCCN1)C1CC1. The molecule has 1 heterocycles. The van der Waals surface area contributed by atoms with Crippen LogP contribution in [0.3, 0.4) is 0 Å². The zero-order valence-electron chi connectivity index (χ0n) is 11.7. The number of hydrogen-bond acceptors (Lipinski definition) is 4. The molecule has 1 aliphatic heterocycles. The quantitative estimate of drug-likeness (QED) is 0.697. The number of nitrogens with one attached hydrogen (secondary N) is 1. The minimum absolute atomic E-state index is 0.00745. The summed E-state index contributed by atoms with van der Waals surface area (Å²) in [5, 5.41) is 3.54. The first-order chi connectivity index (χ1) is 8.70. The van der Waals surface area contributed by atoms with E-state index in [2.05, 4.69) is 10.2 Å². The number of esters is 1. The Kier molecular flexibility index (Phi) is 5.01. The van der Waals surface area contributed by atoms with Crippen LogP contribution in [0.25, 0.3) is 0 Å². The summed E-state index contributed by atoms with van der Waals surface area (Å²) in [5.41, 5.74) is 0. The maximum absolute atomic E-state index is 11.7. The number of ether oxygens (including phenoxy) is 1. The summed E-state index contributed by atoms with van der Waals surface area (Å²) in [6.45, 7) is 7.42. The van der Waals surface area contributed by atoms with Crippen molar-refractivity contribution in [3.8, 4) is 0 Å². The van der Waals surface area contributed by atoms with E-state index in [0.29, 0.717) is 18.7 Å². The minimum Gasteiger partial charge on any atom is -0.466 e. The van der Waals surface area contributed by atoms with Crippen molar-refractivity contribution in [1.29, 1.82) is 0 Å². The minimum atomic E-state index is -0.0532. The highest BCUT2D eigenvalue weighted by atomic mass is 16.5. The molecule has 0 amide bonds. The molecule has 0 spiro atoms. The summed E-state index contributed by atoms with van der Waals surface area (Å²) in [4.78, 5) is 14.2. The standard InChI is InChI=1S/C14H26N2O2/c1-3-18-14(17)11(2)9-16(13-6-7-13)10-12-5-4-8-15-12/h11-13,15H,3-10H2,1-2H3. The molecular weight excluding hydrogens is 228 g/mol. The van der Waals surface area contributed by atoms with Crippen molar-refractivity contribution in [2.45, 2.75) is 51.6 Å². The summed E-state index contributed by atoms with van der Waals surface area (Å²) < 4.78 is 5.09. The van der Waals surface area contributed by atoms with Crippen LogP contribution in [-0.2, 0) is 9.53 Å². The predicted molar refractivity (Wildman–Crippen MR) is 71.4 cm³/mol. The summed E-state index contributed by atoms with van der Waals surface area (Å²) >= 11 is 0. The monoisotopic (exact) mass is 254 g/mol. The molecule has 18 heavy (non-hydrogen) atoms. The Labute approximate surface area is 110 Å². The molecule has 1 aliphatic carbocycles. The fourth-order valence-corrected chi connectivity index (χ4v) is 2.72. The molecule has 1 N–H and O–H groups in total. The fraction of sp³-hybridized carbons (Fsp3) is 0.929. The van der Waals surface area contributed by atoms with E-state index in [-0.39, 0.29) is 11.9 Å². The van der Waals surface area contributed by atoms with Gasteiger partial charge in [-0.05, 0) is 39.2 Å². The molecule has 2 rings (SSSR count). The second kappa shape index (κ2) is 6.53. The molecule has 4 nitrogen and oxygen atoms in total. The third-order valence-electron chi connectivity index (χ3n) is 3.88. The number of nitrogens with zero attached hydrogens (tertiary/aromatic N) is 1. The number of carbonyl (C=O) groups excluding carboxylic acids is 1. The molecule has 2 unspecified atom stereocenters. The van der Waals surface area contributed by atoms with Crippen LogP contribution in [0.1, 0.15) is 39.5 Å². The van der Waals surface area contributed by atoms with Gasteiger partial charge in [0.1, 0.15) is 0 Å². The van der Waals surface area contributed by atoms with Crippen molar-refractivity contribution in [2.24, 2.45) is 5.92 Å². The molecule has 2 fully saturated rings. The molecular formula is C14H26N2O2. The van der Waals surface area contributed by atoms with Crippen LogP contribution in [0.5, 0.6) is 0 Å². The van der Waals surface area contributed by atoms with Crippen molar-refractivity contribution < 1.29 is 9.53 Å². The van der Waals surface area contributed by atoms with E-state index in [0.717, 1.165) is 19.6 Å². The first-order valence-electron chi connectivity index (χ1n) is 7.34. The van der Waals surface area contributed by atoms with Crippen LogP contribution < -0.4 is 5.32 Å². The van der Waals surface area contributed by atoms with Gasteiger partial charge in [0.05, 0.1) is 12.5 Å². The Morgan fingerprint density at radius 1 is 1.44 bits per heavy atom. The lowest BCUT2D eigenvalue weighted by atomic mass is 10.1. The Bertz CT molecular complexity index is 273. The van der Waals surface area contributed by atoms with Gasteiger partial charge in [0.15, 0.2) is 0 Å². The largest absolute Gasteiger partial charge is 0.466 e. The van der Waals surface area contributed by atoms with Crippen LogP contribution in [-0.4, -0.2) is 49.2 Å². The maximum Gasteiger partial charge on any atom is 0.309 e. The lowest BCUT2D eigenvalue weighted by molar-refractivity contribution is -0.148. The van der Waals surface area contributed by atoms with Crippen molar-refractivity contribution in [1.82, 2.24) is 10.2 Å². The second-order valence-electron chi connectivity index (χ2n) is 5.63. The molecule has 0 aromatic carbocycles. The number of rotatable bonds is 7. The molecule has 104 valence electrons. The summed E-state index contributed by atoms with van der Waals surface area (Å²) in [7, 11) is 0. The van der Waals surface area contributed by atoms with E-state index >= 15 is 0 Å². The first-order valence-corrected chi connectivity index (χ1v) is 7.34. The Morgan fingerprint density at radius 3 is 2.78 bits per heavy atom. The first kappa shape index (κ1) is 13.8. The summed E-state index contributed by atoms with van der Waals surface area (Å²) in [6, 6.07) is 1.34. The second-order valence-corrected chi connectivity index (χ2v) is 5.63. The molecule has 2 atom stereocenters. The molecule has 0 aromatic rings. The van der Waals surface area contributed by atoms with E-state index < -0.39 is 0 Å². The Morgan fingerprint density at radius 2 is 2.22 bits per heavy atom. The van der Waals surface area contributed by atoms with Crippen LogP contribution in [0, 0.1) is 5.92 Å². The average Bonchev–Trinajstić information content (AvgIpc) is 3.07. The van der Waals surface area contributed by atoms with Crippen molar-refractivity contribution in [3.05, 3.63) is 0 Å². The van der Waals surface area contributed by atoms with Crippen molar-refractivity contribution in [3.63, 3.8) is 0 Å². The van der Waals surface area contributed by atoms with Gasteiger partial charge >= 0.3 is 5.97 Å². The Balaban J connectivity index is 1.79. The van der Waals surface area contributed by atoms with Crippen molar-refractivity contribution in [2.75, 3.05) is 26.2 Å². The van der Waals surface area contributed by atoms with Gasteiger partial charge in [-0.25, -0.2) is 0 Å². The summed E-state index contributed by atoms with van der Waals surface area (Å²) in [5.74, 6) is -0.0607. The summed E-state index contributed by atoms with van der Waals surface area (Å²) in [6.07, 6.45) is 5.15. The molecule has 1 saturated carbocycles. The zero-order valence-corrected chi connectivity index (χ0v) is 11.7. The van der Waals surface area contributed by atoms with Gasteiger partial charge in [-0.3, -0.25) is 9.69 Å². The van der Waals surface area contributed by atoms with E-state index in [1.165, 1.54) is 25.7 Å². The van der Waals surface area contributed by atoms with Gasteiger partial charge in [0.2, 0.25) is 0 Å². The molecule has 4 heteroatoms. The highest BCUT2D eigenvalue weighted by molar-refractivity contribution is 5.72. The molecule has 0 aromatic heterocycles. The smallest absolute Gasteiger partial charge is 0.309 e. The highest BCUT2D eigenvalue weighted by Gasteiger charge is 2.33. The normalized spacial score (nSPS) is 25.4. The van der Waals surface area contributed by atoms with Gasteiger partial charge in [-0.1, -0.05) is 6.92 Å². The van der Waals surface area contributed by atoms with Crippen molar-refractivity contribution >= 4 is 5.97 Å². The van der Waals surface area contributed by atoms with Gasteiger partial charge < -0.3 is 10.1 Å². The average molecular weight is 254 g/mol. The van der Waals surface area contributed by atoms with Gasteiger partial charge in [0, 0.05) is 25.2 Å². The zero-order chi connectivity index (χ0) is 13.0. The molecule has 2 aliphatic rings. The van der Waals surface area contributed by atoms with Gasteiger partial charge in [0.25, 0.3) is 0 Å². The predicted octanol–water partition coefficient (Wildman–Crippen LogP) is 1.40. The maximum atomic E-state index is 11.7. The van der Waals surface area contributed by atoms with E-state index in [4.69, 9.17) is 4.74 Å². The molecule has 1 saturated heterocycles. The topological polar surface area (TPSA) is 41.6 Å². The van der Waals surface area contributed by atoms with E-state index in [1.54, 1.807) is 0 Å². The van der Waals surface area contributed by atoms with Crippen LogP contribution in [0.4, 0.5) is 0 Å². The van der Waals surface area contributed by atoms with Crippen LogP contribution in [0.15, 0.2) is 0 Å². The molecule has 0 radical (unpaired) electrons.